The Kier molecular flexibility index (Phi) is 1.97. The van der Waals surface area contributed by atoms with Crippen LogP contribution in [0.25, 0.3) is 5.57 Å². The second kappa shape index (κ2) is 2.98. The number of rotatable bonds is 1. The highest BCUT2D eigenvalue weighted by Gasteiger charge is 2.16. The fraction of sp³-hybridized carbons (Fsp3) is 0.273. The monoisotopic (exact) mass is 176 g/mol. The maximum absolute atomic E-state index is 4.06. The van der Waals surface area contributed by atoms with Gasteiger partial charge in [0, 0.05) is 4.90 Å². The molecule has 0 atom stereocenters. The summed E-state index contributed by atoms with van der Waals surface area (Å²) < 4.78 is 0. The van der Waals surface area contributed by atoms with Crippen molar-refractivity contribution in [3.63, 3.8) is 0 Å². The van der Waals surface area contributed by atoms with Crippen LogP contribution in [-0.4, -0.2) is 6.26 Å². The molecule has 0 saturated carbocycles. The van der Waals surface area contributed by atoms with Crippen molar-refractivity contribution in [2.24, 2.45) is 0 Å². The van der Waals surface area contributed by atoms with Gasteiger partial charge in [-0.2, -0.15) is 0 Å². The quantitative estimate of drug-likeness (QED) is 0.591. The molecule has 0 spiro atoms. The summed E-state index contributed by atoms with van der Waals surface area (Å²) in [5, 5.41) is 0. The Morgan fingerprint density at radius 1 is 1.33 bits per heavy atom. The Labute approximate surface area is 77.7 Å². The van der Waals surface area contributed by atoms with Crippen molar-refractivity contribution in [2.75, 3.05) is 6.26 Å². The minimum Gasteiger partial charge on any atom is -0.129 e. The predicted molar refractivity (Wildman–Crippen MR) is 55.6 cm³/mol. The van der Waals surface area contributed by atoms with Gasteiger partial charge in [0.1, 0.15) is 0 Å². The molecule has 12 heavy (non-hydrogen) atoms. The first-order valence-electron chi connectivity index (χ1n) is 4.17. The van der Waals surface area contributed by atoms with E-state index in [1.165, 1.54) is 28.0 Å². The summed E-state index contributed by atoms with van der Waals surface area (Å²) in [7, 11) is 0. The van der Waals surface area contributed by atoms with Gasteiger partial charge >= 0.3 is 0 Å². The fourth-order valence-corrected chi connectivity index (χ4v) is 2.43. The minimum absolute atomic E-state index is 1.15. The molecule has 0 nitrogen and oxygen atoms in total. The first kappa shape index (κ1) is 7.93. The number of fused-ring (bicyclic) bond motifs is 1. The maximum Gasteiger partial charge on any atom is 0.0107 e. The molecular weight excluding hydrogens is 164 g/mol. The van der Waals surface area contributed by atoms with E-state index in [-0.39, 0.29) is 0 Å². The fourth-order valence-electron chi connectivity index (χ4n) is 1.76. The van der Waals surface area contributed by atoms with E-state index in [1.54, 1.807) is 0 Å². The lowest BCUT2D eigenvalue weighted by Gasteiger charge is -2.04. The van der Waals surface area contributed by atoms with Gasteiger partial charge in [0.2, 0.25) is 0 Å². The van der Waals surface area contributed by atoms with Crippen LogP contribution in [0.15, 0.2) is 29.7 Å². The summed E-state index contributed by atoms with van der Waals surface area (Å²) in [6, 6.07) is 6.51. The SMILES string of the molecule is C=C1CCc2c(SC)cccc21. The van der Waals surface area contributed by atoms with E-state index >= 15 is 0 Å². The summed E-state index contributed by atoms with van der Waals surface area (Å²) >= 11 is 1.84. The average Bonchev–Trinajstić information content (AvgIpc) is 2.48. The van der Waals surface area contributed by atoms with E-state index in [9.17, 15) is 0 Å². The van der Waals surface area contributed by atoms with Gasteiger partial charge in [0.15, 0.2) is 0 Å². The van der Waals surface area contributed by atoms with Gasteiger partial charge in [-0.05, 0) is 41.9 Å². The molecule has 0 unspecified atom stereocenters. The standard InChI is InChI=1S/C11H12S/c1-8-6-7-10-9(8)4-3-5-11(10)12-2/h3-5H,1,6-7H2,2H3. The molecule has 0 aromatic heterocycles. The van der Waals surface area contributed by atoms with Crippen molar-refractivity contribution in [3.8, 4) is 0 Å². The van der Waals surface area contributed by atoms with E-state index in [0.717, 1.165) is 6.42 Å². The van der Waals surface area contributed by atoms with Gasteiger partial charge in [-0.25, -0.2) is 0 Å². The molecule has 0 aliphatic heterocycles. The molecule has 1 aromatic carbocycles. The number of thioether (sulfide) groups is 1. The zero-order valence-corrected chi connectivity index (χ0v) is 8.08. The largest absolute Gasteiger partial charge is 0.129 e. The highest BCUT2D eigenvalue weighted by molar-refractivity contribution is 7.98. The first-order chi connectivity index (χ1) is 5.83. The van der Waals surface area contributed by atoms with Crippen molar-refractivity contribution in [3.05, 3.63) is 35.9 Å². The van der Waals surface area contributed by atoms with E-state index in [4.69, 9.17) is 0 Å². The van der Waals surface area contributed by atoms with Crippen LogP contribution in [0.5, 0.6) is 0 Å². The van der Waals surface area contributed by atoms with Crippen LogP contribution in [0.2, 0.25) is 0 Å². The second-order valence-electron chi connectivity index (χ2n) is 3.09. The number of benzene rings is 1. The van der Waals surface area contributed by atoms with Crippen LogP contribution in [0, 0.1) is 0 Å². The lowest BCUT2D eigenvalue weighted by atomic mass is 10.1. The van der Waals surface area contributed by atoms with Crippen LogP contribution >= 0.6 is 11.8 Å². The third-order valence-electron chi connectivity index (χ3n) is 2.41. The predicted octanol–water partition coefficient (Wildman–Crippen LogP) is 3.37. The average molecular weight is 176 g/mol. The van der Waals surface area contributed by atoms with Crippen LogP contribution < -0.4 is 0 Å². The molecule has 1 aliphatic carbocycles. The van der Waals surface area contributed by atoms with Gasteiger partial charge in [0.05, 0.1) is 0 Å². The highest BCUT2D eigenvalue weighted by atomic mass is 32.2. The number of allylic oxidation sites excluding steroid dienone is 1. The van der Waals surface area contributed by atoms with Crippen molar-refractivity contribution in [1.82, 2.24) is 0 Å². The summed E-state index contributed by atoms with van der Waals surface area (Å²) in [5.41, 5.74) is 4.21. The molecule has 0 N–H and O–H groups in total. The summed E-state index contributed by atoms with van der Waals surface area (Å²) in [6.07, 6.45) is 4.47. The van der Waals surface area contributed by atoms with Crippen LogP contribution in [0.3, 0.4) is 0 Å². The Hall–Kier alpha value is -0.690. The van der Waals surface area contributed by atoms with Crippen molar-refractivity contribution in [1.29, 1.82) is 0 Å². The second-order valence-corrected chi connectivity index (χ2v) is 3.94. The zero-order valence-electron chi connectivity index (χ0n) is 7.26. The van der Waals surface area contributed by atoms with Gasteiger partial charge < -0.3 is 0 Å². The minimum atomic E-state index is 1.15. The molecule has 62 valence electrons. The van der Waals surface area contributed by atoms with Crippen LogP contribution in [-0.2, 0) is 6.42 Å². The summed E-state index contributed by atoms with van der Waals surface area (Å²) in [4.78, 5) is 1.42. The van der Waals surface area contributed by atoms with E-state index in [1.807, 2.05) is 11.8 Å². The topological polar surface area (TPSA) is 0 Å². The molecule has 2 rings (SSSR count). The number of hydrogen-bond donors (Lipinski definition) is 0. The zero-order chi connectivity index (χ0) is 8.55. The lowest BCUT2D eigenvalue weighted by Crippen LogP contribution is -1.83. The smallest absolute Gasteiger partial charge is 0.0107 e. The molecule has 0 amide bonds. The molecule has 1 heteroatoms. The van der Waals surface area contributed by atoms with Crippen LogP contribution in [0.1, 0.15) is 17.5 Å². The highest BCUT2D eigenvalue weighted by Crippen LogP contribution is 2.36. The molecule has 0 saturated heterocycles. The Balaban J connectivity index is 2.58. The molecule has 0 fully saturated rings. The molecule has 1 aliphatic rings. The third kappa shape index (κ3) is 1.09. The summed E-state index contributed by atoms with van der Waals surface area (Å²) in [6.45, 7) is 4.06. The van der Waals surface area contributed by atoms with E-state index in [0.29, 0.717) is 0 Å². The molecule has 0 bridgehead atoms. The third-order valence-corrected chi connectivity index (χ3v) is 3.23. The van der Waals surface area contributed by atoms with Gasteiger partial charge in [-0.1, -0.05) is 18.7 Å². The van der Waals surface area contributed by atoms with Gasteiger partial charge in [-0.3, -0.25) is 0 Å². The molecule has 0 radical (unpaired) electrons. The molecule has 0 heterocycles. The van der Waals surface area contributed by atoms with Gasteiger partial charge in [-0.15, -0.1) is 11.8 Å². The van der Waals surface area contributed by atoms with Gasteiger partial charge in [0.25, 0.3) is 0 Å². The van der Waals surface area contributed by atoms with E-state index < -0.39 is 0 Å². The Morgan fingerprint density at radius 2 is 2.17 bits per heavy atom. The number of hydrogen-bond acceptors (Lipinski definition) is 1. The lowest BCUT2D eigenvalue weighted by molar-refractivity contribution is 1.05. The maximum atomic E-state index is 4.06. The summed E-state index contributed by atoms with van der Waals surface area (Å²) in [5.74, 6) is 0. The van der Waals surface area contributed by atoms with Crippen molar-refractivity contribution in [2.45, 2.75) is 17.7 Å². The van der Waals surface area contributed by atoms with Crippen LogP contribution in [0.4, 0.5) is 0 Å². The normalized spacial score (nSPS) is 14.9. The van der Waals surface area contributed by atoms with E-state index in [2.05, 4.69) is 31.0 Å². The van der Waals surface area contributed by atoms with Crippen molar-refractivity contribution < 1.29 is 0 Å². The first-order valence-corrected chi connectivity index (χ1v) is 5.39. The van der Waals surface area contributed by atoms with Crippen molar-refractivity contribution >= 4 is 17.3 Å². The molecule has 1 aromatic rings. The molecular formula is C11H12S. The Bertz CT molecular complexity index is 326. The Morgan fingerprint density at radius 3 is 2.92 bits per heavy atom.